The van der Waals surface area contributed by atoms with Crippen molar-refractivity contribution < 1.29 is 13.2 Å². The lowest BCUT2D eigenvalue weighted by molar-refractivity contribution is -0.125. The van der Waals surface area contributed by atoms with Crippen LogP contribution in [0.3, 0.4) is 0 Å². The van der Waals surface area contributed by atoms with Gasteiger partial charge in [0.15, 0.2) is 9.84 Å². The second-order valence-electron chi connectivity index (χ2n) is 7.63. The average molecular weight is 388 g/mol. The van der Waals surface area contributed by atoms with E-state index < -0.39 is 9.84 Å². The normalized spacial score (nSPS) is 20.7. The molecule has 1 saturated heterocycles. The van der Waals surface area contributed by atoms with E-state index in [9.17, 15) is 13.2 Å². The first-order valence-electron chi connectivity index (χ1n) is 9.35. The molecule has 1 aliphatic carbocycles. The van der Waals surface area contributed by atoms with Crippen molar-refractivity contribution in [2.24, 2.45) is 5.92 Å². The summed E-state index contributed by atoms with van der Waals surface area (Å²) in [5.41, 5.74) is 1.42. The van der Waals surface area contributed by atoms with E-state index in [0.717, 1.165) is 43.3 Å². The maximum absolute atomic E-state index is 12.4. The summed E-state index contributed by atoms with van der Waals surface area (Å²) in [6.07, 6.45) is 5.14. The minimum absolute atomic E-state index is 0.0543. The third kappa shape index (κ3) is 3.90. The molecule has 27 heavy (non-hydrogen) atoms. The first kappa shape index (κ1) is 18.2. The zero-order valence-corrected chi connectivity index (χ0v) is 16.4. The number of amides is 1. The standard InChI is InChI=1S/C19H24N4O3S/c1-12-16-8-7-15(27(2,25)26)10-17(16)22-19(20-12)23-9-3-4-13(11-23)18(24)21-14-5-6-14/h7-8,10,13-14H,3-6,9,11H2,1-2H3,(H,21,24)/t13-/m1/s1. The molecule has 0 bridgehead atoms. The third-order valence-corrected chi connectivity index (χ3v) is 6.38. The molecule has 144 valence electrons. The highest BCUT2D eigenvalue weighted by Gasteiger charge is 2.31. The number of nitrogens with one attached hydrogen (secondary N) is 1. The number of hydrogen-bond acceptors (Lipinski definition) is 6. The van der Waals surface area contributed by atoms with Gasteiger partial charge in [0.05, 0.1) is 22.0 Å². The van der Waals surface area contributed by atoms with Crippen LogP contribution in [0.4, 0.5) is 5.95 Å². The number of sulfone groups is 1. The highest BCUT2D eigenvalue weighted by atomic mass is 32.2. The molecule has 0 radical (unpaired) electrons. The highest BCUT2D eigenvalue weighted by Crippen LogP contribution is 2.26. The lowest BCUT2D eigenvalue weighted by atomic mass is 9.97. The molecular weight excluding hydrogens is 364 g/mol. The molecule has 1 aliphatic heterocycles. The Balaban J connectivity index is 1.62. The average Bonchev–Trinajstić information content (AvgIpc) is 3.44. The number of aromatic nitrogens is 2. The molecule has 2 aliphatic rings. The Bertz CT molecular complexity index is 1000. The van der Waals surface area contributed by atoms with Crippen LogP contribution in [0.5, 0.6) is 0 Å². The van der Waals surface area contributed by atoms with Crippen molar-refractivity contribution in [3.05, 3.63) is 23.9 Å². The number of carbonyl (C=O) groups excluding carboxylic acids is 1. The van der Waals surface area contributed by atoms with E-state index in [2.05, 4.69) is 15.3 Å². The Morgan fingerprint density at radius 2 is 2.00 bits per heavy atom. The van der Waals surface area contributed by atoms with Gasteiger partial charge < -0.3 is 10.2 Å². The zero-order valence-electron chi connectivity index (χ0n) is 15.6. The molecule has 1 atom stereocenters. The maximum atomic E-state index is 12.4. The van der Waals surface area contributed by atoms with Crippen LogP contribution in [-0.4, -0.2) is 49.7 Å². The van der Waals surface area contributed by atoms with Crippen molar-refractivity contribution in [1.82, 2.24) is 15.3 Å². The summed E-state index contributed by atoms with van der Waals surface area (Å²) < 4.78 is 23.7. The maximum Gasteiger partial charge on any atom is 0.226 e. The topological polar surface area (TPSA) is 92.3 Å². The number of anilines is 1. The van der Waals surface area contributed by atoms with Crippen LogP contribution in [0.15, 0.2) is 23.1 Å². The highest BCUT2D eigenvalue weighted by molar-refractivity contribution is 7.90. The summed E-state index contributed by atoms with van der Waals surface area (Å²) >= 11 is 0. The van der Waals surface area contributed by atoms with Gasteiger partial charge in [-0.25, -0.2) is 18.4 Å². The summed E-state index contributed by atoms with van der Waals surface area (Å²) in [5, 5.41) is 3.93. The molecule has 1 amide bonds. The van der Waals surface area contributed by atoms with Gasteiger partial charge >= 0.3 is 0 Å². The molecule has 1 N–H and O–H groups in total. The third-order valence-electron chi connectivity index (χ3n) is 5.27. The number of fused-ring (bicyclic) bond motifs is 1. The second-order valence-corrected chi connectivity index (χ2v) is 9.64. The van der Waals surface area contributed by atoms with Gasteiger partial charge in [-0.1, -0.05) is 0 Å². The van der Waals surface area contributed by atoms with E-state index in [4.69, 9.17) is 0 Å². The Labute approximate surface area is 159 Å². The monoisotopic (exact) mass is 388 g/mol. The fourth-order valence-corrected chi connectivity index (χ4v) is 4.19. The van der Waals surface area contributed by atoms with Crippen molar-refractivity contribution in [3.63, 3.8) is 0 Å². The van der Waals surface area contributed by atoms with Gasteiger partial charge in [0.1, 0.15) is 0 Å². The Morgan fingerprint density at radius 3 is 2.70 bits per heavy atom. The van der Waals surface area contributed by atoms with Gasteiger partial charge in [-0.05, 0) is 50.8 Å². The second kappa shape index (κ2) is 6.74. The minimum atomic E-state index is -3.30. The summed E-state index contributed by atoms with van der Waals surface area (Å²) in [5.74, 6) is 0.634. The summed E-state index contributed by atoms with van der Waals surface area (Å²) in [6.45, 7) is 3.29. The Morgan fingerprint density at radius 1 is 1.22 bits per heavy atom. The van der Waals surface area contributed by atoms with E-state index >= 15 is 0 Å². The smallest absolute Gasteiger partial charge is 0.226 e. The van der Waals surface area contributed by atoms with Crippen molar-refractivity contribution in [3.8, 4) is 0 Å². The van der Waals surface area contributed by atoms with Crippen molar-refractivity contribution in [2.75, 3.05) is 24.2 Å². The van der Waals surface area contributed by atoms with Gasteiger partial charge in [0.25, 0.3) is 0 Å². The Kier molecular flexibility index (Phi) is 4.53. The van der Waals surface area contributed by atoms with Gasteiger partial charge in [-0.15, -0.1) is 0 Å². The van der Waals surface area contributed by atoms with Crippen molar-refractivity contribution >= 4 is 32.6 Å². The number of carbonyl (C=O) groups is 1. The lowest BCUT2D eigenvalue weighted by Gasteiger charge is -2.32. The minimum Gasteiger partial charge on any atom is -0.353 e. The first-order valence-corrected chi connectivity index (χ1v) is 11.2. The van der Waals surface area contributed by atoms with Crippen LogP contribution < -0.4 is 10.2 Å². The van der Waals surface area contributed by atoms with Crippen LogP contribution in [-0.2, 0) is 14.6 Å². The molecule has 2 heterocycles. The molecule has 2 fully saturated rings. The predicted octanol–water partition coefficient (Wildman–Crippen LogP) is 1.84. The van der Waals surface area contributed by atoms with Gasteiger partial charge in [-0.2, -0.15) is 0 Å². The number of benzene rings is 1. The first-order chi connectivity index (χ1) is 12.8. The number of nitrogens with zero attached hydrogens (tertiary/aromatic N) is 3. The zero-order chi connectivity index (χ0) is 19.2. The van der Waals surface area contributed by atoms with E-state index in [-0.39, 0.29) is 16.7 Å². The summed E-state index contributed by atoms with van der Waals surface area (Å²) in [6, 6.07) is 5.31. The number of piperidine rings is 1. The van der Waals surface area contributed by atoms with Crippen LogP contribution in [0.1, 0.15) is 31.4 Å². The quantitative estimate of drug-likeness (QED) is 0.859. The van der Waals surface area contributed by atoms with Gasteiger partial charge in [0, 0.05) is 30.8 Å². The van der Waals surface area contributed by atoms with Crippen LogP contribution >= 0.6 is 0 Å². The number of hydrogen-bond donors (Lipinski definition) is 1. The molecule has 7 nitrogen and oxygen atoms in total. The SMILES string of the molecule is Cc1nc(N2CCC[C@@H](C(=O)NC3CC3)C2)nc2cc(S(C)(=O)=O)ccc12. The van der Waals surface area contributed by atoms with Crippen LogP contribution in [0.25, 0.3) is 10.9 Å². The molecule has 2 aromatic rings. The van der Waals surface area contributed by atoms with Gasteiger partial charge in [-0.3, -0.25) is 4.79 Å². The summed E-state index contributed by atoms with van der Waals surface area (Å²) in [4.78, 5) is 23.9. The Hall–Kier alpha value is -2.22. The van der Waals surface area contributed by atoms with E-state index in [0.29, 0.717) is 24.1 Å². The molecule has 0 spiro atoms. The fourth-order valence-electron chi connectivity index (χ4n) is 3.54. The molecule has 4 rings (SSSR count). The van der Waals surface area contributed by atoms with Crippen molar-refractivity contribution in [2.45, 2.75) is 43.5 Å². The van der Waals surface area contributed by atoms with Crippen LogP contribution in [0, 0.1) is 12.8 Å². The van der Waals surface area contributed by atoms with E-state index in [1.54, 1.807) is 18.2 Å². The van der Waals surface area contributed by atoms with Gasteiger partial charge in [0.2, 0.25) is 11.9 Å². The lowest BCUT2D eigenvalue weighted by Crippen LogP contribution is -2.44. The fraction of sp³-hybridized carbons (Fsp3) is 0.526. The molecule has 8 heteroatoms. The molecular formula is C19H24N4O3S. The predicted molar refractivity (Wildman–Crippen MR) is 103 cm³/mol. The number of rotatable bonds is 4. The molecule has 0 unspecified atom stereocenters. The van der Waals surface area contributed by atoms with E-state index in [1.807, 2.05) is 11.8 Å². The van der Waals surface area contributed by atoms with Crippen molar-refractivity contribution in [1.29, 1.82) is 0 Å². The summed E-state index contributed by atoms with van der Waals surface area (Å²) in [7, 11) is -3.30. The molecule has 1 aromatic heterocycles. The number of aryl methyl sites for hydroxylation is 1. The van der Waals surface area contributed by atoms with E-state index in [1.165, 1.54) is 6.26 Å². The van der Waals surface area contributed by atoms with Crippen LogP contribution in [0.2, 0.25) is 0 Å². The largest absolute Gasteiger partial charge is 0.353 e. The molecule has 1 aromatic carbocycles. The molecule has 1 saturated carbocycles.